The van der Waals surface area contributed by atoms with Crippen molar-refractivity contribution in [3.8, 4) is 5.75 Å². The van der Waals surface area contributed by atoms with Gasteiger partial charge in [-0.2, -0.15) is 0 Å². The van der Waals surface area contributed by atoms with Crippen molar-refractivity contribution in [2.75, 3.05) is 30.8 Å². The summed E-state index contributed by atoms with van der Waals surface area (Å²) < 4.78 is 31.2. The zero-order valence-electron chi connectivity index (χ0n) is 21.1. The van der Waals surface area contributed by atoms with E-state index in [1.807, 2.05) is 44.2 Å². The Bertz CT molecular complexity index is 1040. The molecular formula is C26H37N3O5S. The number of ether oxygens (including phenoxy) is 1. The zero-order valence-corrected chi connectivity index (χ0v) is 21.9. The minimum absolute atomic E-state index is 0.118. The Balaban J connectivity index is 2.18. The number of nitrogens with zero attached hydrogens (tertiary/aromatic N) is 2. The summed E-state index contributed by atoms with van der Waals surface area (Å²) >= 11 is 0. The van der Waals surface area contributed by atoms with Gasteiger partial charge in [0.25, 0.3) is 0 Å². The number of amides is 2. The Morgan fingerprint density at radius 2 is 1.69 bits per heavy atom. The van der Waals surface area contributed by atoms with Crippen LogP contribution >= 0.6 is 0 Å². The summed E-state index contributed by atoms with van der Waals surface area (Å²) in [7, 11) is -1.92. The fraction of sp³-hybridized carbons (Fsp3) is 0.462. The van der Waals surface area contributed by atoms with Gasteiger partial charge in [0, 0.05) is 26.1 Å². The average Bonchev–Trinajstić information content (AvgIpc) is 2.85. The van der Waals surface area contributed by atoms with Crippen molar-refractivity contribution in [3.63, 3.8) is 0 Å². The number of sulfonamides is 1. The third-order valence-corrected chi connectivity index (χ3v) is 6.84. The molecule has 0 aromatic heterocycles. The van der Waals surface area contributed by atoms with Crippen LogP contribution in [0.3, 0.4) is 0 Å². The van der Waals surface area contributed by atoms with Gasteiger partial charge < -0.3 is 15.0 Å². The number of methoxy groups -OCH3 is 1. The van der Waals surface area contributed by atoms with Crippen molar-refractivity contribution >= 4 is 27.5 Å². The topological polar surface area (TPSA) is 96.0 Å². The van der Waals surface area contributed by atoms with Crippen LogP contribution < -0.4 is 14.4 Å². The molecule has 0 unspecified atom stereocenters. The van der Waals surface area contributed by atoms with E-state index in [2.05, 4.69) is 5.32 Å². The maximum Gasteiger partial charge on any atom is 0.242 e. The lowest BCUT2D eigenvalue weighted by Crippen LogP contribution is -2.49. The molecule has 0 saturated carbocycles. The normalized spacial score (nSPS) is 12.0. The highest BCUT2D eigenvalue weighted by atomic mass is 32.2. The van der Waals surface area contributed by atoms with E-state index in [0.29, 0.717) is 30.8 Å². The van der Waals surface area contributed by atoms with Crippen LogP contribution in [0.5, 0.6) is 5.75 Å². The molecule has 0 saturated heterocycles. The van der Waals surface area contributed by atoms with Gasteiger partial charge in [-0.3, -0.25) is 13.9 Å². The standard InChI is InChI=1S/C26H37N3O5S/c1-5-18-27-26(31)24(6-2)28(20-21-14-16-23(34-3)17-15-21)25(30)13-10-19-29(35(4,32)33)22-11-8-7-9-12-22/h7-9,11-12,14-17,24H,5-6,10,13,18-20H2,1-4H3,(H,27,31)/t24-/m1/s1. The fourth-order valence-corrected chi connectivity index (χ4v) is 4.78. The van der Waals surface area contributed by atoms with Crippen LogP contribution in [-0.4, -0.2) is 57.6 Å². The summed E-state index contributed by atoms with van der Waals surface area (Å²) in [6, 6.07) is 15.6. The van der Waals surface area contributed by atoms with E-state index in [1.54, 1.807) is 36.3 Å². The molecule has 0 bridgehead atoms. The first-order chi connectivity index (χ1) is 16.7. The van der Waals surface area contributed by atoms with Gasteiger partial charge in [-0.1, -0.05) is 44.2 Å². The van der Waals surface area contributed by atoms with Crippen LogP contribution in [-0.2, 0) is 26.2 Å². The van der Waals surface area contributed by atoms with E-state index < -0.39 is 16.1 Å². The van der Waals surface area contributed by atoms with Crippen LogP contribution in [0.2, 0.25) is 0 Å². The van der Waals surface area contributed by atoms with Crippen molar-refractivity contribution in [3.05, 3.63) is 60.2 Å². The molecule has 8 nitrogen and oxygen atoms in total. The van der Waals surface area contributed by atoms with Crippen molar-refractivity contribution in [1.29, 1.82) is 0 Å². The number of hydrogen-bond acceptors (Lipinski definition) is 5. The molecule has 9 heteroatoms. The van der Waals surface area contributed by atoms with Crippen molar-refractivity contribution < 1.29 is 22.7 Å². The lowest BCUT2D eigenvalue weighted by molar-refractivity contribution is -0.141. The van der Waals surface area contributed by atoms with Gasteiger partial charge in [-0.15, -0.1) is 0 Å². The smallest absolute Gasteiger partial charge is 0.242 e. The zero-order chi connectivity index (χ0) is 25.8. The van der Waals surface area contributed by atoms with Crippen LogP contribution in [0.4, 0.5) is 5.69 Å². The van der Waals surface area contributed by atoms with Gasteiger partial charge in [0.05, 0.1) is 19.1 Å². The molecule has 2 amide bonds. The van der Waals surface area contributed by atoms with E-state index in [-0.39, 0.29) is 31.3 Å². The van der Waals surface area contributed by atoms with Crippen LogP contribution in [0, 0.1) is 0 Å². The van der Waals surface area contributed by atoms with Crippen molar-refractivity contribution in [2.45, 2.75) is 52.1 Å². The highest BCUT2D eigenvalue weighted by Gasteiger charge is 2.28. The summed E-state index contributed by atoms with van der Waals surface area (Å²) in [6.07, 6.45) is 2.87. The van der Waals surface area contributed by atoms with E-state index in [9.17, 15) is 18.0 Å². The summed E-state index contributed by atoms with van der Waals surface area (Å²) in [6.45, 7) is 4.84. The number of para-hydroxylation sites is 1. The second kappa shape index (κ2) is 13.7. The molecule has 2 rings (SSSR count). The molecule has 2 aromatic carbocycles. The highest BCUT2D eigenvalue weighted by molar-refractivity contribution is 7.92. The first-order valence-electron chi connectivity index (χ1n) is 11.9. The molecule has 1 N–H and O–H groups in total. The minimum Gasteiger partial charge on any atom is -0.497 e. The molecule has 0 aliphatic rings. The molecule has 1 atom stereocenters. The van der Waals surface area contributed by atoms with Crippen LogP contribution in [0.15, 0.2) is 54.6 Å². The molecule has 0 aliphatic carbocycles. The SMILES string of the molecule is CCCNC(=O)[C@@H](CC)N(Cc1ccc(OC)cc1)C(=O)CCCN(c1ccccc1)S(C)(=O)=O. The maximum absolute atomic E-state index is 13.4. The maximum atomic E-state index is 13.4. The monoisotopic (exact) mass is 503 g/mol. The van der Waals surface area contributed by atoms with E-state index in [4.69, 9.17) is 4.74 Å². The van der Waals surface area contributed by atoms with Crippen LogP contribution in [0.1, 0.15) is 45.1 Å². The third kappa shape index (κ3) is 8.58. The second-order valence-electron chi connectivity index (χ2n) is 8.36. The van der Waals surface area contributed by atoms with E-state index in [0.717, 1.165) is 18.2 Å². The summed E-state index contributed by atoms with van der Waals surface area (Å²) in [4.78, 5) is 27.8. The van der Waals surface area contributed by atoms with Crippen LogP contribution in [0.25, 0.3) is 0 Å². The van der Waals surface area contributed by atoms with Gasteiger partial charge in [0.2, 0.25) is 21.8 Å². The Kier molecular flexibility index (Phi) is 11.0. The van der Waals surface area contributed by atoms with Gasteiger partial charge in [-0.05, 0) is 49.1 Å². The number of rotatable bonds is 14. The molecule has 35 heavy (non-hydrogen) atoms. The Morgan fingerprint density at radius 3 is 2.23 bits per heavy atom. The Labute approximate surface area is 209 Å². The summed E-state index contributed by atoms with van der Waals surface area (Å²) in [5.74, 6) is 0.334. The average molecular weight is 504 g/mol. The number of hydrogen-bond donors (Lipinski definition) is 1. The third-order valence-electron chi connectivity index (χ3n) is 5.64. The number of benzene rings is 2. The molecule has 0 radical (unpaired) electrons. The summed E-state index contributed by atoms with van der Waals surface area (Å²) in [5.41, 5.74) is 1.44. The highest BCUT2D eigenvalue weighted by Crippen LogP contribution is 2.20. The fourth-order valence-electron chi connectivity index (χ4n) is 3.81. The molecule has 0 heterocycles. The van der Waals surface area contributed by atoms with Gasteiger partial charge in [-0.25, -0.2) is 8.42 Å². The minimum atomic E-state index is -3.50. The summed E-state index contributed by atoms with van der Waals surface area (Å²) in [5, 5.41) is 2.90. The Morgan fingerprint density at radius 1 is 1.03 bits per heavy atom. The molecule has 2 aromatic rings. The number of carbonyl (C=O) groups excluding carboxylic acids is 2. The van der Waals surface area contributed by atoms with E-state index >= 15 is 0 Å². The van der Waals surface area contributed by atoms with Crippen molar-refractivity contribution in [1.82, 2.24) is 10.2 Å². The van der Waals surface area contributed by atoms with Gasteiger partial charge >= 0.3 is 0 Å². The number of nitrogens with one attached hydrogen (secondary N) is 1. The van der Waals surface area contributed by atoms with Crippen molar-refractivity contribution in [2.24, 2.45) is 0 Å². The van der Waals surface area contributed by atoms with E-state index in [1.165, 1.54) is 4.31 Å². The quantitative estimate of drug-likeness (QED) is 0.425. The number of anilines is 1. The largest absolute Gasteiger partial charge is 0.497 e. The predicted molar refractivity (Wildman–Crippen MR) is 139 cm³/mol. The van der Waals surface area contributed by atoms with Gasteiger partial charge in [0.1, 0.15) is 11.8 Å². The lowest BCUT2D eigenvalue weighted by atomic mass is 10.1. The second-order valence-corrected chi connectivity index (χ2v) is 10.3. The molecule has 0 aliphatic heterocycles. The lowest BCUT2D eigenvalue weighted by Gasteiger charge is -2.31. The molecular weight excluding hydrogens is 466 g/mol. The predicted octanol–water partition coefficient (Wildman–Crippen LogP) is 3.58. The Hall–Kier alpha value is -3.07. The first kappa shape index (κ1) is 28.2. The molecule has 0 fully saturated rings. The molecule has 0 spiro atoms. The molecule has 192 valence electrons. The van der Waals surface area contributed by atoms with Gasteiger partial charge in [0.15, 0.2) is 0 Å². The first-order valence-corrected chi connectivity index (χ1v) is 13.8. The number of carbonyl (C=O) groups is 2.